The van der Waals surface area contributed by atoms with Crippen LogP contribution in [-0.2, 0) is 17.7 Å². The van der Waals surface area contributed by atoms with E-state index in [1.807, 2.05) is 6.92 Å². The number of carbonyl (C=O) groups excluding carboxylic acids is 1. The number of nitrogens with zero attached hydrogens (tertiary/aromatic N) is 5. The summed E-state index contributed by atoms with van der Waals surface area (Å²) in [6.45, 7) is 2.18. The molecule has 0 N–H and O–H groups in total. The first-order valence-corrected chi connectivity index (χ1v) is 5.02. The molecule has 17 heavy (non-hydrogen) atoms. The van der Waals surface area contributed by atoms with Crippen molar-refractivity contribution < 1.29 is 14.1 Å². The molecule has 0 aliphatic heterocycles. The molecular weight excluding hydrogens is 226 g/mol. The topological polar surface area (TPSA) is 95.9 Å². The van der Waals surface area contributed by atoms with Crippen LogP contribution >= 0.6 is 0 Å². The molecule has 0 fully saturated rings. The highest BCUT2D eigenvalue weighted by atomic mass is 16.5. The average Bonchev–Trinajstić information content (AvgIpc) is 2.97. The van der Waals surface area contributed by atoms with Crippen LogP contribution in [0.2, 0.25) is 0 Å². The Hall–Kier alpha value is -2.25. The van der Waals surface area contributed by atoms with E-state index in [0.717, 1.165) is 0 Å². The van der Waals surface area contributed by atoms with Gasteiger partial charge in [-0.3, -0.25) is 0 Å². The largest absolute Gasteiger partial charge is 0.464 e. The Morgan fingerprint density at radius 2 is 2.41 bits per heavy atom. The monoisotopic (exact) mass is 237 g/mol. The van der Waals surface area contributed by atoms with E-state index in [4.69, 9.17) is 4.52 Å². The second kappa shape index (κ2) is 4.73. The van der Waals surface area contributed by atoms with Crippen LogP contribution in [0, 0.1) is 0 Å². The summed E-state index contributed by atoms with van der Waals surface area (Å²) >= 11 is 0. The Bertz CT molecular complexity index is 505. The Kier molecular flexibility index (Phi) is 3.12. The first kappa shape index (κ1) is 11.2. The van der Waals surface area contributed by atoms with Gasteiger partial charge in [0.05, 0.1) is 12.8 Å². The van der Waals surface area contributed by atoms with E-state index in [0.29, 0.717) is 18.0 Å². The van der Waals surface area contributed by atoms with Crippen molar-refractivity contribution in [3.63, 3.8) is 0 Å². The molecule has 0 saturated heterocycles. The third kappa shape index (κ3) is 2.14. The van der Waals surface area contributed by atoms with Crippen molar-refractivity contribution in [2.75, 3.05) is 7.11 Å². The minimum atomic E-state index is -0.501. The van der Waals surface area contributed by atoms with Gasteiger partial charge in [0.25, 0.3) is 0 Å². The number of ether oxygens (including phenoxy) is 1. The van der Waals surface area contributed by atoms with Crippen LogP contribution in [0.25, 0.3) is 0 Å². The van der Waals surface area contributed by atoms with Gasteiger partial charge in [-0.25, -0.2) is 9.48 Å². The summed E-state index contributed by atoms with van der Waals surface area (Å²) in [7, 11) is 1.30. The molecule has 0 atom stereocenters. The molecule has 0 aromatic carbocycles. The van der Waals surface area contributed by atoms with E-state index in [2.05, 4.69) is 25.2 Å². The maximum Gasteiger partial charge on any atom is 0.360 e. The second-order valence-electron chi connectivity index (χ2n) is 3.22. The van der Waals surface area contributed by atoms with Gasteiger partial charge in [-0.1, -0.05) is 17.3 Å². The molecule has 8 heteroatoms. The second-order valence-corrected chi connectivity index (χ2v) is 3.22. The molecule has 0 unspecified atom stereocenters. The summed E-state index contributed by atoms with van der Waals surface area (Å²) in [6, 6.07) is 0. The third-order valence-corrected chi connectivity index (χ3v) is 2.24. The molecule has 0 radical (unpaired) electrons. The molecule has 0 aliphatic rings. The molecule has 0 spiro atoms. The van der Waals surface area contributed by atoms with Crippen molar-refractivity contribution in [2.24, 2.45) is 0 Å². The summed E-state index contributed by atoms with van der Waals surface area (Å²) in [6.07, 6.45) is 1.91. The number of rotatable bonds is 4. The van der Waals surface area contributed by atoms with Gasteiger partial charge in [-0.15, -0.1) is 5.10 Å². The highest BCUT2D eigenvalue weighted by Gasteiger charge is 2.19. The molecule has 0 aliphatic carbocycles. The predicted octanol–water partition coefficient (Wildman–Crippen LogP) is 0.0584. The van der Waals surface area contributed by atoms with Crippen LogP contribution in [0.3, 0.4) is 0 Å². The number of hydrogen-bond donors (Lipinski definition) is 0. The van der Waals surface area contributed by atoms with Gasteiger partial charge in [0.15, 0.2) is 12.0 Å². The van der Waals surface area contributed by atoms with Gasteiger partial charge in [0.1, 0.15) is 6.54 Å². The lowest BCUT2D eigenvalue weighted by Gasteiger charge is -2.02. The predicted molar refractivity (Wildman–Crippen MR) is 54.1 cm³/mol. The fraction of sp³-hybridized carbons (Fsp3) is 0.444. The molecule has 0 bridgehead atoms. The summed E-state index contributed by atoms with van der Waals surface area (Å²) in [5.74, 6) is -0.0976. The summed E-state index contributed by atoms with van der Waals surface area (Å²) in [5.41, 5.74) is 0.893. The number of aromatic nitrogens is 5. The van der Waals surface area contributed by atoms with Crippen molar-refractivity contribution in [3.8, 4) is 0 Å². The first-order chi connectivity index (χ1) is 8.26. The third-order valence-electron chi connectivity index (χ3n) is 2.24. The van der Waals surface area contributed by atoms with Crippen LogP contribution in [0.5, 0.6) is 0 Å². The summed E-state index contributed by atoms with van der Waals surface area (Å²) < 4.78 is 11.0. The Balaban J connectivity index is 2.29. The Morgan fingerprint density at radius 3 is 3.00 bits per heavy atom. The van der Waals surface area contributed by atoms with E-state index >= 15 is 0 Å². The van der Waals surface area contributed by atoms with E-state index in [1.165, 1.54) is 13.4 Å². The molecule has 8 nitrogen and oxygen atoms in total. The molecule has 2 aromatic heterocycles. The standard InChI is InChI=1S/C9H11N5O3/c1-3-6-8(9(15)16-2)12-13-14(6)4-7-10-5-11-17-7/h5H,3-4H2,1-2H3. The van der Waals surface area contributed by atoms with Crippen LogP contribution in [0.15, 0.2) is 10.9 Å². The summed E-state index contributed by atoms with van der Waals surface area (Å²) in [4.78, 5) is 15.3. The van der Waals surface area contributed by atoms with Crippen LogP contribution < -0.4 is 0 Å². The highest BCUT2D eigenvalue weighted by molar-refractivity contribution is 5.88. The number of methoxy groups -OCH3 is 1. The molecule has 0 saturated carbocycles. The van der Waals surface area contributed by atoms with Gasteiger partial charge < -0.3 is 9.26 Å². The quantitative estimate of drug-likeness (QED) is 0.693. The molecule has 0 amide bonds. The van der Waals surface area contributed by atoms with Gasteiger partial charge in [0.2, 0.25) is 5.89 Å². The molecule has 90 valence electrons. The lowest BCUT2D eigenvalue weighted by atomic mass is 10.2. The minimum absolute atomic E-state index is 0.217. The maximum absolute atomic E-state index is 11.4. The van der Waals surface area contributed by atoms with E-state index in [1.54, 1.807) is 4.68 Å². The average molecular weight is 237 g/mol. The zero-order chi connectivity index (χ0) is 12.3. The van der Waals surface area contributed by atoms with E-state index in [9.17, 15) is 4.79 Å². The van der Waals surface area contributed by atoms with Crippen molar-refractivity contribution in [3.05, 3.63) is 23.6 Å². The normalized spacial score (nSPS) is 10.5. The van der Waals surface area contributed by atoms with Crippen molar-refractivity contribution in [2.45, 2.75) is 19.9 Å². The zero-order valence-electron chi connectivity index (χ0n) is 9.45. The maximum atomic E-state index is 11.4. The number of carbonyl (C=O) groups is 1. The van der Waals surface area contributed by atoms with Gasteiger partial charge in [-0.05, 0) is 6.42 Å². The Morgan fingerprint density at radius 1 is 1.59 bits per heavy atom. The SMILES string of the molecule is CCc1c(C(=O)OC)nnn1Cc1ncno1. The smallest absolute Gasteiger partial charge is 0.360 e. The van der Waals surface area contributed by atoms with Gasteiger partial charge >= 0.3 is 5.97 Å². The van der Waals surface area contributed by atoms with Crippen molar-refractivity contribution >= 4 is 5.97 Å². The fourth-order valence-electron chi connectivity index (χ4n) is 1.46. The van der Waals surface area contributed by atoms with Crippen molar-refractivity contribution in [1.29, 1.82) is 0 Å². The number of hydrogen-bond acceptors (Lipinski definition) is 7. The van der Waals surface area contributed by atoms with Crippen LogP contribution in [-0.4, -0.2) is 38.2 Å². The van der Waals surface area contributed by atoms with E-state index in [-0.39, 0.29) is 12.2 Å². The summed E-state index contributed by atoms with van der Waals surface area (Å²) in [5, 5.41) is 11.1. The van der Waals surface area contributed by atoms with Crippen LogP contribution in [0.4, 0.5) is 0 Å². The molecule has 2 aromatic rings. The molecule has 2 rings (SSSR count). The van der Waals surface area contributed by atoms with Crippen LogP contribution in [0.1, 0.15) is 29.0 Å². The van der Waals surface area contributed by atoms with Crippen molar-refractivity contribution in [1.82, 2.24) is 25.1 Å². The zero-order valence-corrected chi connectivity index (χ0v) is 9.45. The van der Waals surface area contributed by atoms with E-state index < -0.39 is 5.97 Å². The molecular formula is C9H11N5O3. The minimum Gasteiger partial charge on any atom is -0.464 e. The first-order valence-electron chi connectivity index (χ1n) is 5.02. The lowest BCUT2D eigenvalue weighted by molar-refractivity contribution is 0.0592. The van der Waals surface area contributed by atoms with Gasteiger partial charge in [-0.2, -0.15) is 4.98 Å². The van der Waals surface area contributed by atoms with Gasteiger partial charge in [0, 0.05) is 0 Å². The fourth-order valence-corrected chi connectivity index (χ4v) is 1.46. The number of esters is 1. The lowest BCUT2D eigenvalue weighted by Crippen LogP contribution is -2.10. The Labute approximate surface area is 96.6 Å². The highest BCUT2D eigenvalue weighted by Crippen LogP contribution is 2.09. The molecule has 2 heterocycles.